The highest BCUT2D eigenvalue weighted by Gasteiger charge is 2.17. The molecule has 0 bridgehead atoms. The van der Waals surface area contributed by atoms with Gasteiger partial charge in [0.15, 0.2) is 0 Å². The van der Waals surface area contributed by atoms with Gasteiger partial charge in [-0.15, -0.1) is 11.3 Å². The van der Waals surface area contributed by atoms with Crippen molar-refractivity contribution in [1.82, 2.24) is 4.72 Å². The number of carboxylic acid groups (broad SMARTS) is 1. The van der Waals surface area contributed by atoms with Gasteiger partial charge < -0.3 is 5.11 Å². The molecular weight excluding hydrogens is 322 g/mol. The largest absolute Gasteiger partial charge is 0.478 e. The first-order valence-corrected chi connectivity index (χ1v) is 8.19. The predicted molar refractivity (Wildman–Crippen MR) is 76.8 cm³/mol. The molecule has 0 spiro atoms. The predicted octanol–water partition coefficient (Wildman–Crippen LogP) is 2.58. The number of nitrogens with one attached hydrogen (secondary N) is 1. The molecule has 106 valence electrons. The van der Waals surface area contributed by atoms with E-state index < -0.39 is 16.0 Å². The maximum atomic E-state index is 12.0. The number of carboxylic acids is 1. The highest BCUT2D eigenvalue weighted by molar-refractivity contribution is 7.89. The molecule has 1 aromatic heterocycles. The zero-order valence-corrected chi connectivity index (χ0v) is 12.4. The first-order valence-electron chi connectivity index (χ1n) is 5.45. The van der Waals surface area contributed by atoms with Crippen molar-refractivity contribution in [3.63, 3.8) is 0 Å². The van der Waals surface area contributed by atoms with Crippen LogP contribution in [0.25, 0.3) is 0 Å². The van der Waals surface area contributed by atoms with Crippen molar-refractivity contribution >= 4 is 38.9 Å². The summed E-state index contributed by atoms with van der Waals surface area (Å²) in [5, 5.41) is 10.6. The van der Waals surface area contributed by atoms with Gasteiger partial charge in [-0.3, -0.25) is 0 Å². The minimum atomic E-state index is -3.72. The average Bonchev–Trinajstić information content (AvgIpc) is 2.89. The molecule has 2 rings (SSSR count). The van der Waals surface area contributed by atoms with Crippen molar-refractivity contribution in [3.05, 3.63) is 51.2 Å². The summed E-state index contributed by atoms with van der Waals surface area (Å²) in [5.41, 5.74) is -0.135. The molecule has 0 aliphatic heterocycles. The number of sulfonamides is 1. The lowest BCUT2D eigenvalue weighted by atomic mass is 10.2. The Bertz CT molecular complexity index is 726. The van der Waals surface area contributed by atoms with Gasteiger partial charge in [0.2, 0.25) is 10.0 Å². The first kappa shape index (κ1) is 15.0. The van der Waals surface area contributed by atoms with Crippen molar-refractivity contribution in [2.45, 2.75) is 11.4 Å². The Labute approximate surface area is 124 Å². The van der Waals surface area contributed by atoms with Crippen molar-refractivity contribution in [2.24, 2.45) is 0 Å². The summed E-state index contributed by atoms with van der Waals surface area (Å²) in [6.07, 6.45) is 0. The van der Waals surface area contributed by atoms with Crippen LogP contribution >= 0.6 is 22.9 Å². The smallest absolute Gasteiger partial charge is 0.337 e. The maximum Gasteiger partial charge on any atom is 0.337 e. The molecule has 2 aromatic rings. The Balaban J connectivity index is 2.21. The SMILES string of the molecule is O=C(O)c1ccc(S(=O)(=O)NCc2cccs2)cc1Cl. The molecule has 20 heavy (non-hydrogen) atoms. The summed E-state index contributed by atoms with van der Waals surface area (Å²) in [4.78, 5) is 11.6. The molecule has 1 heterocycles. The number of benzene rings is 1. The van der Waals surface area contributed by atoms with Gasteiger partial charge in [0.25, 0.3) is 0 Å². The van der Waals surface area contributed by atoms with Crippen LogP contribution < -0.4 is 4.72 Å². The Morgan fingerprint density at radius 3 is 2.65 bits per heavy atom. The van der Waals surface area contributed by atoms with E-state index >= 15 is 0 Å². The number of hydrogen-bond acceptors (Lipinski definition) is 4. The van der Waals surface area contributed by atoms with Crippen molar-refractivity contribution in [2.75, 3.05) is 0 Å². The van der Waals surface area contributed by atoms with E-state index in [9.17, 15) is 13.2 Å². The van der Waals surface area contributed by atoms with Crippen LogP contribution in [-0.2, 0) is 16.6 Å². The second-order valence-electron chi connectivity index (χ2n) is 3.85. The molecular formula is C12H10ClNO4S2. The van der Waals surface area contributed by atoms with E-state index in [0.717, 1.165) is 10.9 Å². The number of halogens is 1. The molecule has 0 atom stereocenters. The molecule has 8 heteroatoms. The zero-order valence-electron chi connectivity index (χ0n) is 10.0. The lowest BCUT2D eigenvalue weighted by Gasteiger charge is -2.07. The van der Waals surface area contributed by atoms with Gasteiger partial charge in [-0.1, -0.05) is 17.7 Å². The fourth-order valence-electron chi connectivity index (χ4n) is 1.50. The van der Waals surface area contributed by atoms with Crippen LogP contribution in [0.4, 0.5) is 0 Å². The molecule has 1 aromatic carbocycles. The minimum absolute atomic E-state index is 0.0657. The van der Waals surface area contributed by atoms with Crippen LogP contribution in [0.1, 0.15) is 15.2 Å². The van der Waals surface area contributed by atoms with Crippen LogP contribution in [0.5, 0.6) is 0 Å². The number of thiophene rings is 1. The van der Waals surface area contributed by atoms with E-state index in [1.165, 1.54) is 23.5 Å². The summed E-state index contributed by atoms with van der Waals surface area (Å²) in [6.45, 7) is 0.179. The molecule has 0 amide bonds. The Morgan fingerprint density at radius 1 is 1.35 bits per heavy atom. The Morgan fingerprint density at radius 2 is 2.10 bits per heavy atom. The van der Waals surface area contributed by atoms with Crippen LogP contribution in [-0.4, -0.2) is 19.5 Å². The van der Waals surface area contributed by atoms with Gasteiger partial charge >= 0.3 is 5.97 Å². The zero-order chi connectivity index (χ0) is 14.8. The number of hydrogen-bond donors (Lipinski definition) is 2. The normalized spacial score (nSPS) is 11.4. The second kappa shape index (κ2) is 5.92. The quantitative estimate of drug-likeness (QED) is 0.882. The van der Waals surface area contributed by atoms with Gasteiger partial charge in [-0.05, 0) is 29.6 Å². The molecule has 0 radical (unpaired) electrons. The van der Waals surface area contributed by atoms with E-state index in [-0.39, 0.29) is 22.0 Å². The van der Waals surface area contributed by atoms with E-state index in [4.69, 9.17) is 16.7 Å². The van der Waals surface area contributed by atoms with E-state index in [1.807, 2.05) is 17.5 Å². The fourth-order valence-corrected chi connectivity index (χ4v) is 3.59. The van der Waals surface area contributed by atoms with E-state index in [1.54, 1.807) is 0 Å². The number of rotatable bonds is 5. The van der Waals surface area contributed by atoms with Gasteiger partial charge in [0.1, 0.15) is 0 Å². The van der Waals surface area contributed by atoms with E-state index in [0.29, 0.717) is 0 Å². The fraction of sp³-hybridized carbons (Fsp3) is 0.0833. The lowest BCUT2D eigenvalue weighted by molar-refractivity contribution is 0.0697. The Kier molecular flexibility index (Phi) is 4.44. The van der Waals surface area contributed by atoms with E-state index in [2.05, 4.69) is 4.72 Å². The highest BCUT2D eigenvalue weighted by Crippen LogP contribution is 2.21. The molecule has 0 saturated carbocycles. The van der Waals surface area contributed by atoms with Gasteiger partial charge in [-0.25, -0.2) is 17.9 Å². The molecule has 0 aliphatic carbocycles. The van der Waals surface area contributed by atoms with Crippen molar-refractivity contribution < 1.29 is 18.3 Å². The first-order chi connectivity index (χ1) is 9.40. The maximum absolute atomic E-state index is 12.0. The van der Waals surface area contributed by atoms with Crippen LogP contribution in [0, 0.1) is 0 Å². The molecule has 0 fully saturated rings. The second-order valence-corrected chi connectivity index (χ2v) is 7.06. The molecule has 0 aliphatic rings. The van der Waals surface area contributed by atoms with Crippen LogP contribution in [0.2, 0.25) is 5.02 Å². The van der Waals surface area contributed by atoms with Gasteiger partial charge in [0.05, 0.1) is 15.5 Å². The monoisotopic (exact) mass is 331 g/mol. The van der Waals surface area contributed by atoms with Gasteiger partial charge in [-0.2, -0.15) is 0 Å². The standard InChI is InChI=1S/C12H10ClNO4S2/c13-11-6-9(3-4-10(11)12(15)16)20(17,18)14-7-8-2-1-5-19-8/h1-6,14H,7H2,(H,15,16). The lowest BCUT2D eigenvalue weighted by Crippen LogP contribution is -2.22. The topological polar surface area (TPSA) is 83.5 Å². The summed E-state index contributed by atoms with van der Waals surface area (Å²) >= 11 is 7.20. The minimum Gasteiger partial charge on any atom is -0.478 e. The summed E-state index contributed by atoms with van der Waals surface area (Å²) < 4.78 is 26.5. The number of aromatic carboxylic acids is 1. The third kappa shape index (κ3) is 3.37. The van der Waals surface area contributed by atoms with Crippen molar-refractivity contribution in [3.8, 4) is 0 Å². The average molecular weight is 332 g/mol. The van der Waals surface area contributed by atoms with Crippen LogP contribution in [0.3, 0.4) is 0 Å². The summed E-state index contributed by atoms with van der Waals surface area (Å²) in [6, 6.07) is 7.15. The molecule has 0 saturated heterocycles. The van der Waals surface area contributed by atoms with Crippen LogP contribution in [0.15, 0.2) is 40.6 Å². The summed E-state index contributed by atoms with van der Waals surface area (Å²) in [7, 11) is -3.72. The molecule has 0 unspecified atom stereocenters. The molecule has 2 N–H and O–H groups in total. The van der Waals surface area contributed by atoms with Crippen molar-refractivity contribution in [1.29, 1.82) is 0 Å². The highest BCUT2D eigenvalue weighted by atomic mass is 35.5. The third-order valence-corrected chi connectivity index (χ3v) is 5.09. The summed E-state index contributed by atoms with van der Waals surface area (Å²) in [5.74, 6) is -1.20. The Hall–Kier alpha value is -1.41. The van der Waals surface area contributed by atoms with Gasteiger partial charge in [0, 0.05) is 11.4 Å². The number of carbonyl (C=O) groups is 1. The molecule has 5 nitrogen and oxygen atoms in total. The third-order valence-electron chi connectivity index (χ3n) is 2.50.